The van der Waals surface area contributed by atoms with Crippen LogP contribution >= 0.6 is 23.2 Å². The third-order valence-electron chi connectivity index (χ3n) is 2.20. The van der Waals surface area contributed by atoms with Crippen LogP contribution in [0.3, 0.4) is 0 Å². The van der Waals surface area contributed by atoms with Crippen molar-refractivity contribution in [2.75, 3.05) is 0 Å². The summed E-state index contributed by atoms with van der Waals surface area (Å²) in [7, 11) is 0. The second kappa shape index (κ2) is 6.38. The molecule has 0 aliphatic rings. The topological polar surface area (TPSA) is 32.7 Å². The quantitative estimate of drug-likeness (QED) is 0.606. The molecule has 1 aromatic rings. The number of hydrogen-bond donors (Lipinski definition) is 0. The number of carbonyl (C=O) groups excluding carboxylic acids is 1. The third-order valence-corrected chi connectivity index (χ3v) is 2.83. The van der Waals surface area contributed by atoms with E-state index in [9.17, 15) is 4.79 Å². The Kier molecular flexibility index (Phi) is 5.13. The van der Waals surface area contributed by atoms with E-state index in [-0.39, 0.29) is 21.5 Å². The van der Waals surface area contributed by atoms with Crippen molar-refractivity contribution in [1.29, 1.82) is 0 Å². The maximum absolute atomic E-state index is 12.3. The zero-order valence-electron chi connectivity index (χ0n) is 9.86. The van der Waals surface area contributed by atoms with Gasteiger partial charge in [-0.2, -0.15) is 0 Å². The predicted molar refractivity (Wildman–Crippen MR) is 76.1 cm³/mol. The van der Waals surface area contributed by atoms with Gasteiger partial charge in [0.1, 0.15) is 5.84 Å². The fourth-order valence-electron chi connectivity index (χ4n) is 1.38. The van der Waals surface area contributed by atoms with E-state index in [1.165, 1.54) is 17.3 Å². The normalized spacial score (nSPS) is 10.9. The molecule has 0 aromatic heterocycles. The van der Waals surface area contributed by atoms with E-state index < -0.39 is 0 Å². The molecule has 3 nitrogen and oxygen atoms in total. The summed E-state index contributed by atoms with van der Waals surface area (Å²) in [5, 5.41) is 0.566. The molecule has 0 saturated carbocycles. The molecule has 0 N–H and O–H groups in total. The lowest BCUT2D eigenvalue weighted by Gasteiger charge is -2.18. The highest BCUT2D eigenvalue weighted by Crippen LogP contribution is 2.25. The first-order valence-electron chi connectivity index (χ1n) is 5.08. The van der Waals surface area contributed by atoms with Crippen molar-refractivity contribution in [3.8, 4) is 0 Å². The molecule has 5 heteroatoms. The van der Waals surface area contributed by atoms with E-state index in [2.05, 4.69) is 18.2 Å². The molecular formula is C13H12Cl2N2O. The molecule has 1 aromatic carbocycles. The maximum Gasteiger partial charge on any atom is 0.266 e. The summed E-state index contributed by atoms with van der Waals surface area (Å²) in [5.74, 6) is 0.0460. The molecule has 0 spiro atoms. The van der Waals surface area contributed by atoms with E-state index >= 15 is 0 Å². The summed E-state index contributed by atoms with van der Waals surface area (Å²) in [6.45, 7) is 8.71. The molecule has 0 saturated heterocycles. The number of amides is 1. The summed E-state index contributed by atoms with van der Waals surface area (Å²) in [4.78, 5) is 17.5. The molecule has 0 radical (unpaired) electrons. The van der Waals surface area contributed by atoms with Crippen LogP contribution in [0.4, 0.5) is 0 Å². The Balaban J connectivity index is 3.24. The van der Waals surface area contributed by atoms with Gasteiger partial charge in [-0.15, -0.1) is 0 Å². The lowest BCUT2D eigenvalue weighted by Crippen LogP contribution is -2.30. The van der Waals surface area contributed by atoms with Crippen LogP contribution < -0.4 is 0 Å². The molecular weight excluding hydrogens is 271 g/mol. The number of amidine groups is 1. The van der Waals surface area contributed by atoms with Crippen LogP contribution in [0.2, 0.25) is 10.0 Å². The molecule has 0 heterocycles. The number of nitrogens with zero attached hydrogens (tertiary/aromatic N) is 2. The Labute approximate surface area is 116 Å². The van der Waals surface area contributed by atoms with Crippen molar-refractivity contribution in [1.82, 2.24) is 4.90 Å². The first kappa shape index (κ1) is 14.5. The van der Waals surface area contributed by atoms with Crippen LogP contribution in [0.5, 0.6) is 0 Å². The summed E-state index contributed by atoms with van der Waals surface area (Å²) in [5.41, 5.74) is 0.222. The molecule has 1 rings (SSSR count). The van der Waals surface area contributed by atoms with Gasteiger partial charge in [-0.1, -0.05) is 42.4 Å². The Morgan fingerprint density at radius 3 is 2.33 bits per heavy atom. The Morgan fingerprint density at radius 1 is 1.33 bits per heavy atom. The molecule has 0 unspecified atom stereocenters. The average molecular weight is 283 g/mol. The van der Waals surface area contributed by atoms with Gasteiger partial charge in [-0.25, -0.2) is 4.99 Å². The number of rotatable bonds is 3. The van der Waals surface area contributed by atoms with Crippen molar-refractivity contribution in [3.05, 3.63) is 59.4 Å². The summed E-state index contributed by atoms with van der Waals surface area (Å²) >= 11 is 12.0. The molecule has 18 heavy (non-hydrogen) atoms. The number of hydrogen-bond acceptors (Lipinski definition) is 2. The van der Waals surface area contributed by atoms with Crippen LogP contribution in [0.15, 0.2) is 48.7 Å². The maximum atomic E-state index is 12.3. The van der Waals surface area contributed by atoms with E-state index in [0.29, 0.717) is 5.84 Å². The minimum Gasteiger partial charge on any atom is -0.272 e. The monoisotopic (exact) mass is 282 g/mol. The highest BCUT2D eigenvalue weighted by Gasteiger charge is 2.21. The van der Waals surface area contributed by atoms with Gasteiger partial charge >= 0.3 is 0 Å². The largest absolute Gasteiger partial charge is 0.272 e. The standard InChI is InChI=1S/C13H12Cl2N2O/c1-4-16-9(3)17(5-2)13(18)12-10(14)7-6-8-11(12)15/h4-8H,1-2H2,3H3/b16-9+. The van der Waals surface area contributed by atoms with E-state index in [4.69, 9.17) is 23.2 Å². The van der Waals surface area contributed by atoms with Gasteiger partial charge in [0.15, 0.2) is 0 Å². The summed E-state index contributed by atoms with van der Waals surface area (Å²) < 4.78 is 0. The second-order valence-electron chi connectivity index (χ2n) is 3.31. The Morgan fingerprint density at radius 2 is 1.89 bits per heavy atom. The van der Waals surface area contributed by atoms with E-state index in [1.54, 1.807) is 25.1 Å². The summed E-state index contributed by atoms with van der Waals surface area (Å²) in [6, 6.07) is 4.87. The second-order valence-corrected chi connectivity index (χ2v) is 4.13. The van der Waals surface area contributed by atoms with Crippen LogP contribution in [0, 0.1) is 0 Å². The Hall–Kier alpha value is -1.58. The van der Waals surface area contributed by atoms with Gasteiger partial charge in [0, 0.05) is 12.4 Å². The number of benzene rings is 1. The molecule has 0 fully saturated rings. The first-order valence-corrected chi connectivity index (χ1v) is 5.84. The van der Waals surface area contributed by atoms with Crippen LogP contribution in [0.1, 0.15) is 17.3 Å². The van der Waals surface area contributed by atoms with E-state index in [0.717, 1.165) is 0 Å². The third kappa shape index (κ3) is 3.00. The van der Waals surface area contributed by atoms with Gasteiger partial charge < -0.3 is 0 Å². The lowest BCUT2D eigenvalue weighted by atomic mass is 10.2. The van der Waals surface area contributed by atoms with Gasteiger partial charge in [-0.3, -0.25) is 9.69 Å². The Bertz CT molecular complexity index is 503. The highest BCUT2D eigenvalue weighted by molar-refractivity contribution is 6.40. The van der Waals surface area contributed by atoms with Gasteiger partial charge in [0.25, 0.3) is 5.91 Å². The predicted octanol–water partition coefficient (Wildman–Crippen LogP) is 4.14. The minimum atomic E-state index is -0.385. The molecule has 0 aliphatic heterocycles. The molecule has 94 valence electrons. The zero-order chi connectivity index (χ0) is 13.7. The minimum absolute atomic E-state index is 0.222. The fraction of sp³-hybridized carbons (Fsp3) is 0.0769. The SMILES string of the molecule is C=C/N=C(\C)N(C=C)C(=O)c1c(Cl)cccc1Cl. The first-order chi connectivity index (χ1) is 8.52. The van der Waals surface area contributed by atoms with Crippen molar-refractivity contribution < 1.29 is 4.79 Å². The number of aliphatic imine (C=N–C) groups is 1. The van der Waals surface area contributed by atoms with Crippen molar-refractivity contribution in [3.63, 3.8) is 0 Å². The molecule has 0 atom stereocenters. The smallest absolute Gasteiger partial charge is 0.266 e. The van der Waals surface area contributed by atoms with Crippen LogP contribution in [-0.4, -0.2) is 16.6 Å². The van der Waals surface area contributed by atoms with Crippen molar-refractivity contribution in [2.45, 2.75) is 6.92 Å². The molecule has 0 bridgehead atoms. The van der Waals surface area contributed by atoms with Crippen molar-refractivity contribution >= 4 is 34.9 Å². The highest BCUT2D eigenvalue weighted by atomic mass is 35.5. The molecule has 1 amide bonds. The fourth-order valence-corrected chi connectivity index (χ4v) is 1.94. The van der Waals surface area contributed by atoms with Gasteiger partial charge in [-0.05, 0) is 19.1 Å². The van der Waals surface area contributed by atoms with Gasteiger partial charge in [0.05, 0.1) is 15.6 Å². The summed E-state index contributed by atoms with van der Waals surface area (Å²) in [6.07, 6.45) is 2.69. The van der Waals surface area contributed by atoms with Gasteiger partial charge in [0.2, 0.25) is 0 Å². The van der Waals surface area contributed by atoms with Crippen molar-refractivity contribution in [2.24, 2.45) is 4.99 Å². The van der Waals surface area contributed by atoms with E-state index in [1.807, 2.05) is 0 Å². The van der Waals surface area contributed by atoms with Crippen LogP contribution in [0.25, 0.3) is 0 Å². The average Bonchev–Trinajstić information content (AvgIpc) is 2.30. The lowest BCUT2D eigenvalue weighted by molar-refractivity contribution is 0.0888. The number of carbonyl (C=O) groups is 1. The van der Waals surface area contributed by atoms with Crippen LogP contribution in [-0.2, 0) is 0 Å². The number of halogens is 2. The molecule has 0 aliphatic carbocycles. The zero-order valence-corrected chi connectivity index (χ0v) is 11.4.